The summed E-state index contributed by atoms with van der Waals surface area (Å²) in [4.78, 5) is 16.1. The molecule has 9 heteroatoms. The molecule has 1 N–H and O–H groups in total. The third kappa shape index (κ3) is 4.18. The molecular weight excluding hydrogens is 387 g/mol. The molecule has 0 spiro atoms. The quantitative estimate of drug-likeness (QED) is 0.633. The number of methoxy groups -OCH3 is 2. The highest BCUT2D eigenvalue weighted by molar-refractivity contribution is 5.62. The Morgan fingerprint density at radius 1 is 1.07 bits per heavy atom. The Morgan fingerprint density at radius 2 is 1.72 bits per heavy atom. The fraction of sp³-hybridized carbons (Fsp3) is 0.200. The third-order valence-electron chi connectivity index (χ3n) is 4.33. The smallest absolute Gasteiger partial charge is 0.316 e. The van der Waals surface area contributed by atoms with Gasteiger partial charge in [0.1, 0.15) is 5.75 Å². The van der Waals surface area contributed by atoms with Crippen LogP contribution >= 0.6 is 0 Å². The zero-order valence-electron chi connectivity index (χ0n) is 15.9. The minimum atomic E-state index is -1.55. The molecule has 0 amide bonds. The van der Waals surface area contributed by atoms with Crippen LogP contribution in [0.4, 0.5) is 24.8 Å². The Morgan fingerprint density at radius 3 is 2.34 bits per heavy atom. The number of ether oxygens (including phenoxy) is 2. The predicted molar refractivity (Wildman–Crippen MR) is 101 cm³/mol. The molecule has 152 valence electrons. The van der Waals surface area contributed by atoms with Gasteiger partial charge in [-0.1, -0.05) is 6.07 Å². The van der Waals surface area contributed by atoms with Crippen molar-refractivity contribution in [3.8, 4) is 11.5 Å². The van der Waals surface area contributed by atoms with Crippen LogP contribution in [0.15, 0.2) is 41.3 Å². The zero-order chi connectivity index (χ0) is 21.1. The van der Waals surface area contributed by atoms with Crippen molar-refractivity contribution < 1.29 is 22.6 Å². The summed E-state index contributed by atoms with van der Waals surface area (Å²) in [5.41, 5.74) is 0.903. The third-order valence-corrected chi connectivity index (χ3v) is 4.33. The van der Waals surface area contributed by atoms with Crippen molar-refractivity contribution in [3.05, 3.63) is 75.5 Å². The van der Waals surface area contributed by atoms with Gasteiger partial charge in [-0.25, -0.2) is 13.2 Å². The Bertz CT molecular complexity index is 1090. The van der Waals surface area contributed by atoms with Crippen molar-refractivity contribution in [2.75, 3.05) is 19.5 Å². The van der Waals surface area contributed by atoms with Crippen molar-refractivity contribution in [2.45, 2.75) is 13.5 Å². The molecule has 0 saturated heterocycles. The van der Waals surface area contributed by atoms with Crippen LogP contribution < -0.4 is 20.3 Å². The molecule has 0 fully saturated rings. The minimum absolute atomic E-state index is 0.0547. The molecule has 3 aromatic rings. The molecule has 3 rings (SSSR count). The summed E-state index contributed by atoms with van der Waals surface area (Å²) in [6.45, 7) is 1.72. The fourth-order valence-electron chi connectivity index (χ4n) is 2.82. The lowest BCUT2D eigenvalue weighted by molar-refractivity contribution is 0.402. The summed E-state index contributed by atoms with van der Waals surface area (Å²) in [6, 6.07) is 7.05. The van der Waals surface area contributed by atoms with Gasteiger partial charge in [0, 0.05) is 11.3 Å². The number of rotatable bonds is 6. The summed E-state index contributed by atoms with van der Waals surface area (Å²) >= 11 is 0. The van der Waals surface area contributed by atoms with Crippen LogP contribution in [0.1, 0.15) is 11.1 Å². The summed E-state index contributed by atoms with van der Waals surface area (Å²) in [5.74, 6) is -3.48. The molecule has 0 saturated carbocycles. The van der Waals surface area contributed by atoms with Gasteiger partial charge in [0.25, 0.3) is 0 Å². The maximum atomic E-state index is 13.6. The first-order chi connectivity index (χ1) is 13.8. The van der Waals surface area contributed by atoms with Crippen molar-refractivity contribution in [1.82, 2.24) is 9.55 Å². The number of nitrogens with one attached hydrogen (secondary N) is 1. The van der Waals surface area contributed by atoms with Crippen molar-refractivity contribution in [1.29, 1.82) is 0 Å². The average Bonchev–Trinajstić information content (AvgIpc) is 2.69. The molecule has 0 aliphatic rings. The number of aromatic nitrogens is 2. The summed E-state index contributed by atoms with van der Waals surface area (Å²) in [5, 5.41) is 3.02. The molecule has 2 aromatic carbocycles. The van der Waals surface area contributed by atoms with Gasteiger partial charge in [-0.05, 0) is 36.8 Å². The van der Waals surface area contributed by atoms with Crippen molar-refractivity contribution in [2.24, 2.45) is 0 Å². The monoisotopic (exact) mass is 405 g/mol. The summed E-state index contributed by atoms with van der Waals surface area (Å²) in [7, 11) is 2.84. The SMILES string of the molecule is COc1cccc(Nc2nc(=O)c(OC)cn2Cc2cc(F)c(F)c(F)c2)c1C. The second-order valence-electron chi connectivity index (χ2n) is 6.20. The van der Waals surface area contributed by atoms with E-state index in [4.69, 9.17) is 9.47 Å². The number of hydrogen-bond acceptors (Lipinski definition) is 5. The Balaban J connectivity index is 2.06. The normalized spacial score (nSPS) is 10.7. The number of benzene rings is 2. The van der Waals surface area contributed by atoms with Crippen molar-refractivity contribution >= 4 is 11.6 Å². The Hall–Kier alpha value is -3.49. The molecule has 6 nitrogen and oxygen atoms in total. The molecule has 29 heavy (non-hydrogen) atoms. The van der Waals surface area contributed by atoms with E-state index in [2.05, 4.69) is 10.3 Å². The maximum absolute atomic E-state index is 13.6. The maximum Gasteiger partial charge on any atom is 0.316 e. The highest BCUT2D eigenvalue weighted by Gasteiger charge is 2.15. The molecular formula is C20H18F3N3O3. The van der Waals surface area contributed by atoms with Crippen molar-refractivity contribution in [3.63, 3.8) is 0 Å². The standard InChI is InChI=1S/C20H18F3N3O3/c1-11-15(5-4-6-16(11)28-2)24-20-25-19(27)17(29-3)10-26(20)9-12-7-13(21)18(23)14(22)8-12/h4-8,10H,9H2,1-3H3,(H,24,25,27). The van der Waals surface area contributed by atoms with Crippen LogP contribution in [0, 0.1) is 24.4 Å². The van der Waals surface area contributed by atoms with E-state index in [9.17, 15) is 18.0 Å². The molecule has 0 unspecified atom stereocenters. The highest BCUT2D eigenvalue weighted by Crippen LogP contribution is 2.27. The van der Waals surface area contributed by atoms with Gasteiger partial charge in [-0.15, -0.1) is 0 Å². The summed E-state index contributed by atoms with van der Waals surface area (Å²) < 4.78 is 52.2. The molecule has 0 bridgehead atoms. The van der Waals surface area contributed by atoms with E-state index < -0.39 is 23.0 Å². The van der Waals surface area contributed by atoms with E-state index in [1.807, 2.05) is 6.92 Å². The second-order valence-corrected chi connectivity index (χ2v) is 6.20. The first-order valence-corrected chi connectivity index (χ1v) is 8.53. The minimum Gasteiger partial charge on any atom is -0.496 e. The Kier molecular flexibility index (Phi) is 5.76. The van der Waals surface area contributed by atoms with Gasteiger partial charge >= 0.3 is 5.56 Å². The molecule has 0 radical (unpaired) electrons. The first kappa shape index (κ1) is 20.2. The average molecular weight is 405 g/mol. The van der Waals surface area contributed by atoms with E-state index in [0.29, 0.717) is 11.4 Å². The van der Waals surface area contributed by atoms with Gasteiger partial charge in [-0.2, -0.15) is 4.98 Å². The predicted octanol–water partition coefficient (Wildman–Crippen LogP) is 3.78. The van der Waals surface area contributed by atoms with E-state index >= 15 is 0 Å². The number of nitrogens with zero attached hydrogens (tertiary/aromatic N) is 2. The van der Waals surface area contributed by atoms with E-state index in [0.717, 1.165) is 17.7 Å². The van der Waals surface area contributed by atoms with E-state index in [1.54, 1.807) is 18.2 Å². The van der Waals surface area contributed by atoms with Crippen LogP contribution in [0.25, 0.3) is 0 Å². The first-order valence-electron chi connectivity index (χ1n) is 8.53. The lowest BCUT2D eigenvalue weighted by atomic mass is 10.2. The highest BCUT2D eigenvalue weighted by atomic mass is 19.2. The number of hydrogen-bond donors (Lipinski definition) is 1. The van der Waals surface area contributed by atoms with E-state index in [1.165, 1.54) is 25.0 Å². The van der Waals surface area contributed by atoms with Crippen LogP contribution in [-0.2, 0) is 6.54 Å². The van der Waals surface area contributed by atoms with Crippen LogP contribution in [0.3, 0.4) is 0 Å². The lowest BCUT2D eigenvalue weighted by Gasteiger charge is -2.17. The van der Waals surface area contributed by atoms with Crippen LogP contribution in [0.5, 0.6) is 11.5 Å². The zero-order valence-corrected chi connectivity index (χ0v) is 15.9. The van der Waals surface area contributed by atoms with Gasteiger partial charge in [0.2, 0.25) is 11.7 Å². The van der Waals surface area contributed by atoms with Crippen LogP contribution in [-0.4, -0.2) is 23.8 Å². The van der Waals surface area contributed by atoms with Gasteiger partial charge in [0.05, 0.1) is 27.0 Å². The second kappa shape index (κ2) is 8.26. The van der Waals surface area contributed by atoms with E-state index in [-0.39, 0.29) is 23.8 Å². The van der Waals surface area contributed by atoms with Gasteiger partial charge < -0.3 is 19.4 Å². The fourth-order valence-corrected chi connectivity index (χ4v) is 2.82. The molecule has 0 aliphatic carbocycles. The van der Waals surface area contributed by atoms with Crippen LogP contribution in [0.2, 0.25) is 0 Å². The van der Waals surface area contributed by atoms with Gasteiger partial charge in [0.15, 0.2) is 17.5 Å². The Labute approximate surface area is 164 Å². The molecule has 1 aromatic heterocycles. The topological polar surface area (TPSA) is 65.4 Å². The lowest BCUT2D eigenvalue weighted by Crippen LogP contribution is -2.19. The molecule has 0 aliphatic heterocycles. The molecule has 0 atom stereocenters. The summed E-state index contributed by atoms with van der Waals surface area (Å²) in [6.07, 6.45) is 1.35. The van der Waals surface area contributed by atoms with Gasteiger partial charge in [-0.3, -0.25) is 4.79 Å². The largest absolute Gasteiger partial charge is 0.496 e. The number of halogens is 3. The molecule has 1 heterocycles. The number of anilines is 2.